The number of nitrogens with zero attached hydrogens (tertiary/aromatic N) is 1. The first-order valence-corrected chi connectivity index (χ1v) is 8.64. The van der Waals surface area contributed by atoms with Crippen molar-refractivity contribution in [3.8, 4) is 17.4 Å². The molecular weight excluding hydrogens is 358 g/mol. The summed E-state index contributed by atoms with van der Waals surface area (Å²) in [5.74, 6) is -0.307. The molecule has 1 aromatic heterocycles. The zero-order valence-electron chi connectivity index (χ0n) is 15.3. The predicted octanol–water partition coefficient (Wildman–Crippen LogP) is 3.91. The Labute approximate surface area is 162 Å². The smallest absolute Gasteiger partial charge is 0.320 e. The second kappa shape index (κ2) is 9.32. The van der Waals surface area contributed by atoms with Crippen LogP contribution in [-0.4, -0.2) is 24.3 Å². The van der Waals surface area contributed by atoms with Gasteiger partial charge in [-0.25, -0.2) is 4.98 Å². The van der Waals surface area contributed by atoms with E-state index in [1.807, 2.05) is 48.5 Å². The van der Waals surface area contributed by atoms with Crippen molar-refractivity contribution in [3.05, 3.63) is 84.1 Å². The van der Waals surface area contributed by atoms with Gasteiger partial charge in [-0.3, -0.25) is 4.79 Å². The fraction of sp³-hybridized carbons (Fsp3) is 0.136. The number of ether oxygens (including phenoxy) is 3. The molecule has 0 fully saturated rings. The fourth-order valence-electron chi connectivity index (χ4n) is 2.60. The number of carbonyl (C=O) groups is 2. The van der Waals surface area contributed by atoms with Crippen LogP contribution in [0.25, 0.3) is 0 Å². The Kier molecular flexibility index (Phi) is 6.36. The molecule has 28 heavy (non-hydrogen) atoms. The molecule has 0 N–H and O–H groups in total. The van der Waals surface area contributed by atoms with Crippen molar-refractivity contribution in [1.29, 1.82) is 0 Å². The predicted molar refractivity (Wildman–Crippen MR) is 102 cm³/mol. The molecule has 3 aromatic rings. The molecule has 142 valence electrons. The van der Waals surface area contributed by atoms with Crippen molar-refractivity contribution in [3.63, 3.8) is 0 Å². The lowest BCUT2D eigenvalue weighted by atomic mass is 10.0. The van der Waals surface area contributed by atoms with Crippen LogP contribution in [0.2, 0.25) is 0 Å². The molecule has 6 heteroatoms. The maximum absolute atomic E-state index is 11.9. The molecule has 0 saturated carbocycles. The van der Waals surface area contributed by atoms with Gasteiger partial charge in [0, 0.05) is 11.8 Å². The van der Waals surface area contributed by atoms with Gasteiger partial charge in [0.05, 0.1) is 7.11 Å². The number of esters is 1. The Morgan fingerprint density at radius 2 is 1.82 bits per heavy atom. The summed E-state index contributed by atoms with van der Waals surface area (Å²) in [4.78, 5) is 27.4. The summed E-state index contributed by atoms with van der Waals surface area (Å²) >= 11 is 0. The highest BCUT2D eigenvalue weighted by Crippen LogP contribution is 2.29. The molecule has 0 aliphatic carbocycles. The van der Waals surface area contributed by atoms with E-state index in [2.05, 4.69) is 9.72 Å². The normalized spacial score (nSPS) is 11.3. The Morgan fingerprint density at radius 1 is 1.04 bits per heavy atom. The van der Waals surface area contributed by atoms with E-state index in [0.717, 1.165) is 11.3 Å². The van der Waals surface area contributed by atoms with E-state index in [1.165, 1.54) is 13.3 Å². The summed E-state index contributed by atoms with van der Waals surface area (Å²) in [6.45, 7) is 0.370. The van der Waals surface area contributed by atoms with Crippen LogP contribution >= 0.6 is 0 Å². The quantitative estimate of drug-likeness (QED) is 0.337. The third kappa shape index (κ3) is 4.73. The maximum atomic E-state index is 11.9. The number of hydrogen-bond donors (Lipinski definition) is 0. The van der Waals surface area contributed by atoms with Gasteiger partial charge in [-0.2, -0.15) is 0 Å². The van der Waals surface area contributed by atoms with E-state index in [4.69, 9.17) is 9.47 Å². The van der Waals surface area contributed by atoms with Crippen LogP contribution in [0, 0.1) is 0 Å². The first kappa shape index (κ1) is 19.1. The highest BCUT2D eigenvalue weighted by Gasteiger charge is 2.25. The summed E-state index contributed by atoms with van der Waals surface area (Å²) < 4.78 is 16.3. The topological polar surface area (TPSA) is 74.7 Å². The highest BCUT2D eigenvalue weighted by molar-refractivity contribution is 5.94. The molecule has 1 atom stereocenters. The van der Waals surface area contributed by atoms with Crippen LogP contribution in [-0.2, 0) is 20.9 Å². The van der Waals surface area contributed by atoms with Crippen molar-refractivity contribution in [2.75, 3.05) is 7.11 Å². The van der Waals surface area contributed by atoms with Crippen molar-refractivity contribution in [1.82, 2.24) is 4.98 Å². The van der Waals surface area contributed by atoms with Crippen LogP contribution in [0.5, 0.6) is 17.4 Å². The van der Waals surface area contributed by atoms with Gasteiger partial charge < -0.3 is 19.0 Å². The summed E-state index contributed by atoms with van der Waals surface area (Å²) in [5, 5.41) is 0. The molecule has 6 nitrogen and oxygen atoms in total. The first-order valence-electron chi connectivity index (χ1n) is 8.64. The number of rotatable bonds is 8. The zero-order valence-corrected chi connectivity index (χ0v) is 15.3. The molecule has 0 aliphatic heterocycles. The summed E-state index contributed by atoms with van der Waals surface area (Å²) in [7, 11) is 1.23. The van der Waals surface area contributed by atoms with E-state index in [1.54, 1.807) is 18.2 Å². The number of benzene rings is 2. The number of methoxy groups -OCH3 is 1. The summed E-state index contributed by atoms with van der Waals surface area (Å²) in [5.41, 5.74) is 1.24. The number of hydrogen-bond acceptors (Lipinski definition) is 6. The van der Waals surface area contributed by atoms with E-state index in [0.29, 0.717) is 24.2 Å². The fourth-order valence-corrected chi connectivity index (χ4v) is 2.60. The van der Waals surface area contributed by atoms with Crippen molar-refractivity contribution in [2.45, 2.75) is 12.5 Å². The van der Waals surface area contributed by atoms with Crippen LogP contribution < -0.4 is 9.47 Å². The van der Waals surface area contributed by atoms with Crippen LogP contribution in [0.4, 0.5) is 0 Å². The van der Waals surface area contributed by atoms with Crippen molar-refractivity contribution in [2.24, 2.45) is 0 Å². The van der Waals surface area contributed by atoms with E-state index < -0.39 is 11.9 Å². The lowest BCUT2D eigenvalue weighted by molar-refractivity contribution is -0.143. The van der Waals surface area contributed by atoms with Crippen LogP contribution in [0.3, 0.4) is 0 Å². The van der Waals surface area contributed by atoms with Gasteiger partial charge in [0.2, 0.25) is 5.88 Å². The van der Waals surface area contributed by atoms with Gasteiger partial charge in [0.15, 0.2) is 0 Å². The molecule has 1 heterocycles. The van der Waals surface area contributed by atoms with Gasteiger partial charge in [-0.05, 0) is 35.9 Å². The van der Waals surface area contributed by atoms with Gasteiger partial charge in [-0.15, -0.1) is 0 Å². The highest BCUT2D eigenvalue weighted by atomic mass is 16.5. The number of aldehydes is 1. The molecule has 0 aliphatic rings. The monoisotopic (exact) mass is 377 g/mol. The Morgan fingerprint density at radius 3 is 2.57 bits per heavy atom. The molecule has 0 bridgehead atoms. The molecule has 3 rings (SSSR count). The Bertz CT molecular complexity index is 942. The first-order chi connectivity index (χ1) is 13.7. The second-order valence-electron chi connectivity index (χ2n) is 5.89. The van der Waals surface area contributed by atoms with Gasteiger partial charge in [0.25, 0.3) is 0 Å². The minimum atomic E-state index is -1.10. The lowest BCUT2D eigenvalue weighted by Gasteiger charge is -2.14. The number of aromatic nitrogens is 1. The molecule has 2 aromatic carbocycles. The van der Waals surface area contributed by atoms with Crippen molar-refractivity contribution < 1.29 is 23.8 Å². The Balaban J connectivity index is 1.77. The molecule has 0 radical (unpaired) electrons. The summed E-state index contributed by atoms with van der Waals surface area (Å²) in [6, 6.07) is 20.1. The standard InChI is InChI=1S/C22H19NO5/c1-26-22(25)20(14-24)19-11-6-12-23-21(19)28-18-10-5-7-16(13-18)15-27-17-8-3-2-4-9-17/h2-14,20H,15H2,1H3. The zero-order chi connectivity index (χ0) is 19.8. The van der Waals surface area contributed by atoms with Crippen LogP contribution in [0.1, 0.15) is 17.0 Å². The average Bonchev–Trinajstić information content (AvgIpc) is 2.75. The van der Waals surface area contributed by atoms with Gasteiger partial charge in [0.1, 0.15) is 30.3 Å². The number of carbonyl (C=O) groups excluding carboxylic acids is 2. The van der Waals surface area contributed by atoms with Crippen LogP contribution in [0.15, 0.2) is 72.9 Å². The second-order valence-corrected chi connectivity index (χ2v) is 5.89. The number of para-hydroxylation sites is 1. The minimum absolute atomic E-state index is 0.172. The van der Waals surface area contributed by atoms with Gasteiger partial charge >= 0.3 is 5.97 Å². The van der Waals surface area contributed by atoms with E-state index in [-0.39, 0.29) is 5.88 Å². The molecule has 0 amide bonds. The van der Waals surface area contributed by atoms with Crippen molar-refractivity contribution >= 4 is 12.3 Å². The third-order valence-corrected chi connectivity index (χ3v) is 3.99. The SMILES string of the molecule is COC(=O)C(C=O)c1cccnc1Oc1cccc(COc2ccccc2)c1. The average molecular weight is 377 g/mol. The van der Waals surface area contributed by atoms with E-state index in [9.17, 15) is 9.59 Å². The van der Waals surface area contributed by atoms with Gasteiger partial charge in [-0.1, -0.05) is 36.4 Å². The summed E-state index contributed by atoms with van der Waals surface area (Å²) in [6.07, 6.45) is 2.04. The number of pyridine rings is 1. The molecule has 1 unspecified atom stereocenters. The third-order valence-electron chi connectivity index (χ3n) is 3.99. The Hall–Kier alpha value is -3.67. The molecule has 0 spiro atoms. The lowest BCUT2D eigenvalue weighted by Crippen LogP contribution is -2.16. The minimum Gasteiger partial charge on any atom is -0.489 e. The maximum Gasteiger partial charge on any atom is 0.320 e. The molecular formula is C22H19NO5. The van der Waals surface area contributed by atoms with E-state index >= 15 is 0 Å². The largest absolute Gasteiger partial charge is 0.489 e. The molecule has 0 saturated heterocycles.